The maximum Gasteiger partial charge on any atom is 0.325 e. The van der Waals surface area contributed by atoms with Gasteiger partial charge in [0.25, 0.3) is 5.91 Å². The third kappa shape index (κ3) is 7.27. The molecule has 0 radical (unpaired) electrons. The van der Waals surface area contributed by atoms with Crippen molar-refractivity contribution in [3.63, 3.8) is 0 Å². The molecule has 1 aromatic carbocycles. The van der Waals surface area contributed by atoms with Gasteiger partial charge in [-0.25, -0.2) is 5.43 Å². The van der Waals surface area contributed by atoms with E-state index in [0.29, 0.717) is 5.56 Å². The third-order valence-corrected chi connectivity index (χ3v) is 4.38. The van der Waals surface area contributed by atoms with Crippen LogP contribution in [0.2, 0.25) is 0 Å². The molecule has 0 aliphatic rings. The van der Waals surface area contributed by atoms with Gasteiger partial charge in [-0.2, -0.15) is 0 Å². The third-order valence-electron chi connectivity index (χ3n) is 3.20. The molecule has 0 fully saturated rings. The van der Waals surface area contributed by atoms with E-state index in [4.69, 9.17) is 4.74 Å². The number of amides is 1. The molecule has 2 N–H and O–H groups in total. The SMILES string of the molecule is CCOC(=O)C(NNC(=O)c1ccccc1)C(C)C(=O)SC(C)(C)C. The summed E-state index contributed by atoms with van der Waals surface area (Å²) < 4.78 is 4.76. The highest BCUT2D eigenvalue weighted by Gasteiger charge is 2.34. The van der Waals surface area contributed by atoms with Crippen molar-refractivity contribution in [2.75, 3.05) is 6.61 Å². The molecule has 1 rings (SSSR count). The molecule has 2 unspecified atom stereocenters. The minimum atomic E-state index is -0.963. The van der Waals surface area contributed by atoms with Gasteiger partial charge in [-0.1, -0.05) is 57.7 Å². The van der Waals surface area contributed by atoms with Gasteiger partial charge in [0.2, 0.25) is 0 Å². The van der Waals surface area contributed by atoms with Gasteiger partial charge in [-0.05, 0) is 19.1 Å². The number of carbonyl (C=O) groups is 3. The lowest BCUT2D eigenvalue weighted by molar-refractivity contribution is -0.148. The molecule has 0 spiro atoms. The molecule has 0 bridgehead atoms. The Labute approximate surface area is 153 Å². The van der Waals surface area contributed by atoms with E-state index in [2.05, 4.69) is 10.9 Å². The maximum absolute atomic E-state index is 12.4. The fourth-order valence-electron chi connectivity index (χ4n) is 1.96. The molecule has 25 heavy (non-hydrogen) atoms. The number of nitrogens with one attached hydrogen (secondary N) is 2. The van der Waals surface area contributed by atoms with E-state index in [0.717, 1.165) is 11.8 Å². The average Bonchev–Trinajstić information content (AvgIpc) is 2.54. The molecule has 2 atom stereocenters. The number of hydrogen-bond acceptors (Lipinski definition) is 6. The summed E-state index contributed by atoms with van der Waals surface area (Å²) in [6.45, 7) is 9.29. The molecule has 7 heteroatoms. The molecule has 1 aromatic rings. The summed E-state index contributed by atoms with van der Waals surface area (Å²) in [7, 11) is 0. The standard InChI is InChI=1S/C18H26N2O4S/c1-6-24-16(22)14(12(2)17(23)25-18(3,4)5)19-20-15(21)13-10-8-7-9-11-13/h7-12,14,19H,6H2,1-5H3,(H,20,21). The number of thioether (sulfide) groups is 1. The minimum absolute atomic E-state index is 0.146. The highest BCUT2D eigenvalue weighted by Crippen LogP contribution is 2.28. The maximum atomic E-state index is 12.4. The number of hydrazine groups is 1. The fraction of sp³-hybridized carbons (Fsp3) is 0.500. The first kappa shape index (κ1) is 21.2. The van der Waals surface area contributed by atoms with Gasteiger partial charge in [0.1, 0.15) is 6.04 Å². The summed E-state index contributed by atoms with van der Waals surface area (Å²) >= 11 is 1.16. The minimum Gasteiger partial charge on any atom is -0.465 e. The molecular weight excluding hydrogens is 340 g/mol. The first-order valence-corrected chi connectivity index (χ1v) is 8.97. The zero-order valence-corrected chi connectivity index (χ0v) is 16.1. The van der Waals surface area contributed by atoms with Gasteiger partial charge in [-0.15, -0.1) is 0 Å². The average molecular weight is 366 g/mol. The summed E-state index contributed by atoms with van der Waals surface area (Å²) in [6.07, 6.45) is 0. The van der Waals surface area contributed by atoms with Crippen LogP contribution in [0.25, 0.3) is 0 Å². The number of ether oxygens (including phenoxy) is 1. The summed E-state index contributed by atoms with van der Waals surface area (Å²) in [5.41, 5.74) is 5.59. The monoisotopic (exact) mass is 366 g/mol. The van der Waals surface area contributed by atoms with Crippen LogP contribution >= 0.6 is 11.8 Å². The van der Waals surface area contributed by atoms with E-state index in [1.807, 2.05) is 20.8 Å². The first-order chi connectivity index (χ1) is 11.7. The molecule has 6 nitrogen and oxygen atoms in total. The second kappa shape index (κ2) is 9.58. The number of rotatable bonds is 7. The van der Waals surface area contributed by atoms with Gasteiger partial charge in [-0.3, -0.25) is 19.8 Å². The number of hydrogen-bond donors (Lipinski definition) is 2. The second-order valence-corrected chi connectivity index (χ2v) is 8.35. The first-order valence-electron chi connectivity index (χ1n) is 8.16. The van der Waals surface area contributed by atoms with Gasteiger partial charge in [0, 0.05) is 10.3 Å². The van der Waals surface area contributed by atoms with Gasteiger partial charge in [0.15, 0.2) is 5.12 Å². The lowest BCUT2D eigenvalue weighted by Crippen LogP contribution is -2.53. The Bertz CT molecular complexity index is 599. The number of carbonyl (C=O) groups excluding carboxylic acids is 3. The van der Waals surface area contributed by atoms with Crippen molar-refractivity contribution in [1.82, 2.24) is 10.9 Å². The van der Waals surface area contributed by atoms with Crippen molar-refractivity contribution in [2.45, 2.75) is 45.4 Å². The molecule has 0 aromatic heterocycles. The highest BCUT2D eigenvalue weighted by atomic mass is 32.2. The van der Waals surface area contributed by atoms with Crippen molar-refractivity contribution < 1.29 is 19.1 Å². The van der Waals surface area contributed by atoms with Crippen LogP contribution in [0.5, 0.6) is 0 Å². The van der Waals surface area contributed by atoms with Gasteiger partial charge >= 0.3 is 5.97 Å². The van der Waals surface area contributed by atoms with E-state index in [-0.39, 0.29) is 16.5 Å². The van der Waals surface area contributed by atoms with Crippen molar-refractivity contribution in [3.8, 4) is 0 Å². The summed E-state index contributed by atoms with van der Waals surface area (Å²) in [4.78, 5) is 36.8. The van der Waals surface area contributed by atoms with E-state index in [1.165, 1.54) is 0 Å². The van der Waals surface area contributed by atoms with Crippen molar-refractivity contribution in [3.05, 3.63) is 35.9 Å². The van der Waals surface area contributed by atoms with Crippen LogP contribution in [-0.2, 0) is 14.3 Å². The van der Waals surface area contributed by atoms with Crippen LogP contribution in [0.4, 0.5) is 0 Å². The molecule has 0 saturated heterocycles. The Balaban J connectivity index is 2.81. The smallest absolute Gasteiger partial charge is 0.325 e. The van der Waals surface area contributed by atoms with E-state index >= 15 is 0 Å². The Kier molecular flexibility index (Phi) is 8.12. The van der Waals surface area contributed by atoms with Crippen LogP contribution in [0, 0.1) is 5.92 Å². The molecule has 0 heterocycles. The predicted octanol–water partition coefficient (Wildman–Crippen LogP) is 2.55. The Morgan fingerprint density at radius 1 is 1.16 bits per heavy atom. The predicted molar refractivity (Wildman–Crippen MR) is 99.0 cm³/mol. The lowest BCUT2D eigenvalue weighted by atomic mass is 10.0. The van der Waals surface area contributed by atoms with Crippen molar-refractivity contribution in [1.29, 1.82) is 0 Å². The van der Waals surface area contributed by atoms with Crippen LogP contribution in [0.1, 0.15) is 45.0 Å². The number of esters is 1. The van der Waals surface area contributed by atoms with Crippen LogP contribution in [-0.4, -0.2) is 34.4 Å². The second-order valence-electron chi connectivity index (χ2n) is 6.52. The molecule has 0 aliphatic heterocycles. The van der Waals surface area contributed by atoms with Crippen molar-refractivity contribution in [2.24, 2.45) is 5.92 Å². The summed E-state index contributed by atoms with van der Waals surface area (Å²) in [5, 5.41) is -0.146. The Morgan fingerprint density at radius 2 is 1.76 bits per heavy atom. The molecule has 0 aliphatic carbocycles. The summed E-state index contributed by atoms with van der Waals surface area (Å²) in [6, 6.07) is 7.62. The largest absolute Gasteiger partial charge is 0.465 e. The zero-order valence-electron chi connectivity index (χ0n) is 15.3. The molecule has 1 amide bonds. The Hall–Kier alpha value is -1.86. The molecule has 0 saturated carbocycles. The van der Waals surface area contributed by atoms with Crippen LogP contribution in [0.15, 0.2) is 30.3 Å². The fourth-order valence-corrected chi connectivity index (χ4v) is 2.88. The van der Waals surface area contributed by atoms with Gasteiger partial charge in [0.05, 0.1) is 12.5 Å². The lowest BCUT2D eigenvalue weighted by Gasteiger charge is -2.25. The summed E-state index contributed by atoms with van der Waals surface area (Å²) in [5.74, 6) is -1.64. The highest BCUT2D eigenvalue weighted by molar-refractivity contribution is 8.14. The van der Waals surface area contributed by atoms with Crippen LogP contribution < -0.4 is 10.9 Å². The normalized spacial score (nSPS) is 13.6. The van der Waals surface area contributed by atoms with Crippen LogP contribution in [0.3, 0.4) is 0 Å². The zero-order chi connectivity index (χ0) is 19.0. The quantitative estimate of drug-likeness (QED) is 0.570. The Morgan fingerprint density at radius 3 is 2.28 bits per heavy atom. The molecule has 138 valence electrons. The van der Waals surface area contributed by atoms with E-state index in [1.54, 1.807) is 44.2 Å². The van der Waals surface area contributed by atoms with Gasteiger partial charge < -0.3 is 4.74 Å². The molecular formula is C18H26N2O4S. The topological polar surface area (TPSA) is 84.5 Å². The van der Waals surface area contributed by atoms with Crippen molar-refractivity contribution >= 4 is 28.8 Å². The van der Waals surface area contributed by atoms with E-state index in [9.17, 15) is 14.4 Å². The number of benzene rings is 1. The van der Waals surface area contributed by atoms with E-state index < -0.39 is 23.8 Å².